The van der Waals surface area contributed by atoms with Crippen LogP contribution in [0.25, 0.3) is 0 Å². The van der Waals surface area contributed by atoms with Gasteiger partial charge in [-0.3, -0.25) is 0 Å². The molecule has 1 heterocycles. The molecule has 100 valence electrons. The van der Waals surface area contributed by atoms with E-state index >= 15 is 0 Å². The van der Waals surface area contributed by atoms with Gasteiger partial charge in [0.1, 0.15) is 12.1 Å². The number of ether oxygens (including phenoxy) is 1. The van der Waals surface area contributed by atoms with Crippen LogP contribution in [0.15, 0.2) is 43.0 Å². The van der Waals surface area contributed by atoms with Gasteiger partial charge in [0.05, 0.1) is 6.61 Å². The smallest absolute Gasteiger partial charge is 0.119 e. The zero-order valence-electron chi connectivity index (χ0n) is 10.5. The van der Waals surface area contributed by atoms with E-state index < -0.39 is 0 Å². The lowest BCUT2D eigenvalue weighted by atomic mass is 10.3. The van der Waals surface area contributed by atoms with Crippen LogP contribution < -0.4 is 4.74 Å². The minimum atomic E-state index is 0.722. The Labute approximate surface area is 122 Å². The second-order valence-corrected chi connectivity index (χ2v) is 5.50. The maximum atomic E-state index is 5.80. The molecular formula is C14H15ClN2OS. The van der Waals surface area contributed by atoms with Crippen molar-refractivity contribution in [1.82, 2.24) is 9.97 Å². The summed E-state index contributed by atoms with van der Waals surface area (Å²) in [7, 11) is 0. The zero-order chi connectivity index (χ0) is 13.3. The topological polar surface area (TPSA) is 35.0 Å². The molecule has 2 aromatic rings. The Kier molecular flexibility index (Phi) is 5.98. The summed E-state index contributed by atoms with van der Waals surface area (Å²) in [6.07, 6.45) is 6.27. The van der Waals surface area contributed by atoms with E-state index in [4.69, 9.17) is 16.3 Å². The van der Waals surface area contributed by atoms with Crippen LogP contribution in [-0.2, 0) is 5.75 Å². The van der Waals surface area contributed by atoms with Gasteiger partial charge in [0.2, 0.25) is 0 Å². The summed E-state index contributed by atoms with van der Waals surface area (Å²) in [5.74, 6) is 2.87. The van der Waals surface area contributed by atoms with E-state index in [-0.39, 0.29) is 0 Å². The Balaban J connectivity index is 1.56. The van der Waals surface area contributed by atoms with Crippen LogP contribution >= 0.6 is 23.4 Å². The summed E-state index contributed by atoms with van der Waals surface area (Å²) in [5, 5.41) is 0.730. The summed E-state index contributed by atoms with van der Waals surface area (Å²) >= 11 is 7.67. The maximum Gasteiger partial charge on any atom is 0.119 e. The van der Waals surface area contributed by atoms with Gasteiger partial charge >= 0.3 is 0 Å². The van der Waals surface area contributed by atoms with Crippen molar-refractivity contribution in [3.05, 3.63) is 53.6 Å². The average molecular weight is 295 g/mol. The predicted molar refractivity (Wildman–Crippen MR) is 79.8 cm³/mol. The fourth-order valence-corrected chi connectivity index (χ4v) is 2.45. The summed E-state index contributed by atoms with van der Waals surface area (Å²) in [4.78, 5) is 7.97. The third-order valence-corrected chi connectivity index (χ3v) is 3.76. The fourth-order valence-electron chi connectivity index (χ4n) is 1.48. The third-order valence-electron chi connectivity index (χ3n) is 2.40. The molecule has 0 bridgehead atoms. The lowest BCUT2D eigenvalue weighted by Gasteiger charge is -2.06. The first-order valence-electron chi connectivity index (χ1n) is 6.04. The highest BCUT2D eigenvalue weighted by Gasteiger charge is 1.96. The number of benzene rings is 1. The van der Waals surface area contributed by atoms with Gasteiger partial charge in [-0.1, -0.05) is 11.6 Å². The minimum Gasteiger partial charge on any atom is -0.494 e. The van der Waals surface area contributed by atoms with E-state index in [1.165, 1.54) is 0 Å². The van der Waals surface area contributed by atoms with E-state index in [1.807, 2.05) is 48.4 Å². The Hall–Kier alpha value is -1.26. The lowest BCUT2D eigenvalue weighted by Crippen LogP contribution is -1.98. The van der Waals surface area contributed by atoms with Crippen LogP contribution in [0.1, 0.15) is 12.0 Å². The maximum absolute atomic E-state index is 5.80. The molecule has 2 rings (SSSR count). The molecule has 0 unspecified atom stereocenters. The van der Waals surface area contributed by atoms with Crippen molar-refractivity contribution in [3.63, 3.8) is 0 Å². The number of hydrogen-bond acceptors (Lipinski definition) is 4. The van der Waals surface area contributed by atoms with Crippen molar-refractivity contribution in [2.24, 2.45) is 0 Å². The highest BCUT2D eigenvalue weighted by atomic mass is 35.5. The fraction of sp³-hybridized carbons (Fsp3) is 0.286. The van der Waals surface area contributed by atoms with Crippen LogP contribution in [0.4, 0.5) is 0 Å². The van der Waals surface area contributed by atoms with E-state index in [9.17, 15) is 0 Å². The summed E-state index contributed by atoms with van der Waals surface area (Å²) in [5.41, 5.74) is 1.16. The number of rotatable bonds is 7. The molecule has 0 fully saturated rings. The van der Waals surface area contributed by atoms with Gasteiger partial charge in [0, 0.05) is 23.2 Å². The van der Waals surface area contributed by atoms with Gasteiger partial charge in [-0.15, -0.1) is 0 Å². The first-order chi connectivity index (χ1) is 9.34. The number of nitrogens with zero attached hydrogens (tertiary/aromatic N) is 2. The average Bonchev–Trinajstić information content (AvgIpc) is 2.46. The summed E-state index contributed by atoms with van der Waals surface area (Å²) < 4.78 is 5.62. The van der Waals surface area contributed by atoms with Gasteiger partial charge in [-0.05, 0) is 42.0 Å². The largest absolute Gasteiger partial charge is 0.494 e. The van der Waals surface area contributed by atoms with Gasteiger partial charge in [-0.25, -0.2) is 9.97 Å². The standard InChI is InChI=1S/C14H15ClN2OS/c15-13-2-4-14(5-3-13)18-6-1-7-19-10-12-8-16-11-17-9-12/h2-5,8-9,11H,1,6-7,10H2. The Morgan fingerprint density at radius 2 is 1.84 bits per heavy atom. The highest BCUT2D eigenvalue weighted by molar-refractivity contribution is 7.98. The minimum absolute atomic E-state index is 0.722. The van der Waals surface area contributed by atoms with Crippen LogP contribution in [0.5, 0.6) is 5.75 Å². The van der Waals surface area contributed by atoms with Crippen molar-refractivity contribution in [1.29, 1.82) is 0 Å². The second kappa shape index (κ2) is 8.02. The predicted octanol–water partition coefficient (Wildman–Crippen LogP) is 3.83. The van der Waals surface area contributed by atoms with Crippen LogP contribution in [0.3, 0.4) is 0 Å². The van der Waals surface area contributed by atoms with Gasteiger partial charge in [0.15, 0.2) is 0 Å². The quantitative estimate of drug-likeness (QED) is 0.727. The van der Waals surface area contributed by atoms with Crippen molar-refractivity contribution < 1.29 is 4.74 Å². The first-order valence-corrected chi connectivity index (χ1v) is 7.58. The Bertz CT molecular complexity index is 479. The van der Waals surface area contributed by atoms with E-state index in [1.54, 1.807) is 6.33 Å². The molecule has 1 aromatic heterocycles. The van der Waals surface area contributed by atoms with Crippen LogP contribution in [0.2, 0.25) is 5.02 Å². The molecular weight excluding hydrogens is 280 g/mol. The zero-order valence-corrected chi connectivity index (χ0v) is 12.0. The normalized spacial score (nSPS) is 10.4. The van der Waals surface area contributed by atoms with E-state index in [0.717, 1.165) is 40.9 Å². The Morgan fingerprint density at radius 3 is 2.58 bits per heavy atom. The molecule has 0 radical (unpaired) electrons. The van der Waals surface area contributed by atoms with Gasteiger partial charge in [0.25, 0.3) is 0 Å². The monoisotopic (exact) mass is 294 g/mol. The summed E-state index contributed by atoms with van der Waals surface area (Å²) in [6.45, 7) is 0.722. The molecule has 0 amide bonds. The second-order valence-electron chi connectivity index (χ2n) is 3.96. The van der Waals surface area contributed by atoms with E-state index in [0.29, 0.717) is 0 Å². The molecule has 5 heteroatoms. The van der Waals surface area contributed by atoms with Crippen molar-refractivity contribution in [2.45, 2.75) is 12.2 Å². The highest BCUT2D eigenvalue weighted by Crippen LogP contribution is 2.16. The van der Waals surface area contributed by atoms with Crippen molar-refractivity contribution in [2.75, 3.05) is 12.4 Å². The lowest BCUT2D eigenvalue weighted by molar-refractivity contribution is 0.318. The summed E-state index contributed by atoms with van der Waals surface area (Å²) in [6, 6.07) is 7.44. The van der Waals surface area contributed by atoms with Gasteiger partial charge < -0.3 is 4.74 Å². The molecule has 3 nitrogen and oxygen atoms in total. The molecule has 0 saturated carbocycles. The molecule has 0 spiro atoms. The molecule has 1 aromatic carbocycles. The van der Waals surface area contributed by atoms with Gasteiger partial charge in [-0.2, -0.15) is 11.8 Å². The van der Waals surface area contributed by atoms with Crippen molar-refractivity contribution >= 4 is 23.4 Å². The molecule has 0 N–H and O–H groups in total. The molecule has 0 atom stereocenters. The van der Waals surface area contributed by atoms with Crippen LogP contribution in [0, 0.1) is 0 Å². The molecule has 0 aliphatic heterocycles. The molecule has 0 aliphatic rings. The van der Waals surface area contributed by atoms with E-state index in [2.05, 4.69) is 9.97 Å². The number of aromatic nitrogens is 2. The Morgan fingerprint density at radius 1 is 1.11 bits per heavy atom. The number of thioether (sulfide) groups is 1. The first kappa shape index (κ1) is 14.2. The molecule has 0 saturated heterocycles. The van der Waals surface area contributed by atoms with Crippen LogP contribution in [-0.4, -0.2) is 22.3 Å². The number of halogens is 1. The molecule has 0 aliphatic carbocycles. The molecule has 19 heavy (non-hydrogen) atoms. The number of hydrogen-bond donors (Lipinski definition) is 0. The van der Waals surface area contributed by atoms with Crippen molar-refractivity contribution in [3.8, 4) is 5.75 Å². The SMILES string of the molecule is Clc1ccc(OCCCSCc2cncnc2)cc1. The third kappa shape index (κ3) is 5.49.